The van der Waals surface area contributed by atoms with Crippen molar-refractivity contribution < 1.29 is 29.1 Å². The van der Waals surface area contributed by atoms with Crippen molar-refractivity contribution in [2.45, 2.75) is 44.3 Å². The molecule has 1 aromatic rings. The zero-order valence-electron chi connectivity index (χ0n) is 14.9. The molecule has 0 radical (unpaired) electrons. The fourth-order valence-electron chi connectivity index (χ4n) is 3.90. The summed E-state index contributed by atoms with van der Waals surface area (Å²) in [4.78, 5) is 60.8. The number of carbonyl (C=O) groups excluding carboxylic acids is 4. The van der Waals surface area contributed by atoms with E-state index in [9.17, 15) is 24.0 Å². The number of carboxylic acids is 1. The van der Waals surface area contributed by atoms with E-state index in [4.69, 9.17) is 5.11 Å². The molecule has 9 heteroatoms. The molecule has 9 nitrogen and oxygen atoms in total. The number of nitrogens with one attached hydrogen (secondary N) is 2. The largest absolute Gasteiger partial charge is 0.481 e. The Morgan fingerprint density at radius 2 is 1.93 bits per heavy atom. The van der Waals surface area contributed by atoms with Gasteiger partial charge in [0.05, 0.1) is 5.92 Å². The maximum atomic E-state index is 12.8. The third kappa shape index (κ3) is 3.12. The van der Waals surface area contributed by atoms with Crippen LogP contribution in [0.2, 0.25) is 0 Å². The molecule has 1 aliphatic carbocycles. The second-order valence-electron chi connectivity index (χ2n) is 7.45. The van der Waals surface area contributed by atoms with Gasteiger partial charge < -0.3 is 15.3 Å². The quantitative estimate of drug-likeness (QED) is 0.627. The average molecular weight is 385 g/mol. The third-order valence-electron chi connectivity index (χ3n) is 5.61. The van der Waals surface area contributed by atoms with Crippen LogP contribution >= 0.6 is 0 Å². The lowest BCUT2D eigenvalue weighted by Gasteiger charge is -2.32. The Morgan fingerprint density at radius 3 is 2.61 bits per heavy atom. The highest BCUT2D eigenvalue weighted by Crippen LogP contribution is 2.30. The molecule has 2 aliphatic heterocycles. The molecule has 2 heterocycles. The first-order chi connectivity index (χ1) is 13.3. The Labute approximate surface area is 160 Å². The Bertz CT molecular complexity index is 905. The third-order valence-corrected chi connectivity index (χ3v) is 5.61. The number of carbonyl (C=O) groups is 5. The summed E-state index contributed by atoms with van der Waals surface area (Å²) in [6.07, 6.45) is 1.26. The lowest BCUT2D eigenvalue weighted by Crippen LogP contribution is -2.52. The van der Waals surface area contributed by atoms with E-state index in [2.05, 4.69) is 10.6 Å². The van der Waals surface area contributed by atoms with Crippen molar-refractivity contribution in [1.82, 2.24) is 15.5 Å². The number of nitrogens with zero attached hydrogens (tertiary/aromatic N) is 1. The number of carboxylic acid groups (broad SMARTS) is 1. The van der Waals surface area contributed by atoms with Crippen LogP contribution in [0.3, 0.4) is 0 Å². The predicted molar refractivity (Wildman–Crippen MR) is 94.1 cm³/mol. The van der Waals surface area contributed by atoms with Crippen LogP contribution in [0.15, 0.2) is 18.2 Å². The molecule has 1 unspecified atom stereocenters. The van der Waals surface area contributed by atoms with Crippen LogP contribution in [-0.4, -0.2) is 51.7 Å². The fraction of sp³-hybridized carbons (Fsp3) is 0.421. The molecule has 0 aromatic heterocycles. The molecule has 0 spiro atoms. The molecule has 1 aromatic carbocycles. The molecule has 0 bridgehead atoms. The molecule has 1 saturated carbocycles. The van der Waals surface area contributed by atoms with Crippen molar-refractivity contribution >= 4 is 29.6 Å². The first kappa shape index (κ1) is 18.1. The van der Waals surface area contributed by atoms with Crippen molar-refractivity contribution in [3.8, 4) is 0 Å². The summed E-state index contributed by atoms with van der Waals surface area (Å²) in [7, 11) is 0. The minimum atomic E-state index is -0.859. The van der Waals surface area contributed by atoms with Gasteiger partial charge in [0.2, 0.25) is 11.8 Å². The summed E-state index contributed by atoms with van der Waals surface area (Å²) in [5, 5.41) is 13.9. The molecular formula is C19H19N3O6. The molecule has 3 aliphatic rings. The second-order valence-corrected chi connectivity index (χ2v) is 7.45. The highest BCUT2D eigenvalue weighted by atomic mass is 16.4. The number of amides is 4. The van der Waals surface area contributed by atoms with Crippen molar-refractivity contribution in [2.24, 2.45) is 5.92 Å². The Hall–Kier alpha value is -3.23. The molecule has 1 atom stereocenters. The molecule has 2 fully saturated rings. The number of hydrogen-bond acceptors (Lipinski definition) is 5. The smallest absolute Gasteiger partial charge is 0.306 e. The van der Waals surface area contributed by atoms with E-state index in [-0.39, 0.29) is 43.1 Å². The summed E-state index contributed by atoms with van der Waals surface area (Å²) >= 11 is 0. The van der Waals surface area contributed by atoms with Crippen LogP contribution in [0, 0.1) is 5.92 Å². The van der Waals surface area contributed by atoms with Crippen LogP contribution in [-0.2, 0) is 20.9 Å². The highest BCUT2D eigenvalue weighted by Gasteiger charge is 2.39. The Morgan fingerprint density at radius 1 is 1.18 bits per heavy atom. The van der Waals surface area contributed by atoms with Crippen LogP contribution < -0.4 is 10.6 Å². The minimum absolute atomic E-state index is 0.183. The van der Waals surface area contributed by atoms with Gasteiger partial charge in [-0.2, -0.15) is 0 Å². The topological polar surface area (TPSA) is 133 Å². The van der Waals surface area contributed by atoms with E-state index in [0.29, 0.717) is 24.0 Å². The van der Waals surface area contributed by atoms with Crippen molar-refractivity contribution in [2.75, 3.05) is 0 Å². The molecule has 3 N–H and O–H groups in total. The summed E-state index contributed by atoms with van der Waals surface area (Å²) in [5.74, 6) is -2.80. The molecular weight excluding hydrogens is 366 g/mol. The van der Waals surface area contributed by atoms with Crippen LogP contribution in [0.4, 0.5) is 0 Å². The maximum Gasteiger partial charge on any atom is 0.306 e. The first-order valence-corrected chi connectivity index (χ1v) is 9.14. The first-order valence-electron chi connectivity index (χ1n) is 9.14. The zero-order chi connectivity index (χ0) is 20.0. The number of benzene rings is 1. The maximum absolute atomic E-state index is 12.8. The summed E-state index contributed by atoms with van der Waals surface area (Å²) in [5.41, 5.74) is 1.41. The highest BCUT2D eigenvalue weighted by molar-refractivity contribution is 6.06. The van der Waals surface area contributed by atoms with E-state index in [1.807, 2.05) is 0 Å². The van der Waals surface area contributed by atoms with Gasteiger partial charge in [0.1, 0.15) is 6.04 Å². The summed E-state index contributed by atoms with van der Waals surface area (Å²) in [6.45, 7) is 0.255. The number of hydrogen-bond donors (Lipinski definition) is 3. The Balaban J connectivity index is 1.44. The van der Waals surface area contributed by atoms with Crippen molar-refractivity contribution in [3.05, 3.63) is 34.9 Å². The number of fused-ring (bicyclic) bond motifs is 1. The van der Waals surface area contributed by atoms with E-state index in [1.54, 1.807) is 12.1 Å². The van der Waals surface area contributed by atoms with E-state index in [1.165, 1.54) is 11.0 Å². The number of aliphatic carboxylic acids is 1. The minimum Gasteiger partial charge on any atom is -0.481 e. The van der Waals surface area contributed by atoms with Crippen molar-refractivity contribution in [3.63, 3.8) is 0 Å². The SMILES string of the molecule is O=C1CCC(N2Cc3ccc(C(=O)NC4CC(C(=O)O)C4)cc3C2=O)C(=O)N1. The fourth-order valence-corrected chi connectivity index (χ4v) is 3.90. The predicted octanol–water partition coefficient (Wildman–Crippen LogP) is 0.0406. The van der Waals surface area contributed by atoms with Gasteiger partial charge in [-0.15, -0.1) is 0 Å². The van der Waals surface area contributed by atoms with E-state index >= 15 is 0 Å². The van der Waals surface area contributed by atoms with Crippen LogP contribution in [0.25, 0.3) is 0 Å². The number of imide groups is 1. The lowest BCUT2D eigenvalue weighted by molar-refractivity contribution is -0.145. The van der Waals surface area contributed by atoms with Gasteiger partial charge in [0.15, 0.2) is 0 Å². The standard InChI is InChI=1S/C19H19N3O6/c23-15-4-3-14(17(25)21-15)22-8-10-2-1-9(7-13(10)18(22)26)16(24)20-12-5-11(6-12)19(27)28/h1-2,7,11-12,14H,3-6,8H2,(H,20,24)(H,27,28)(H,21,23,25). The molecule has 146 valence electrons. The van der Waals surface area contributed by atoms with Gasteiger partial charge in [-0.25, -0.2) is 0 Å². The van der Waals surface area contributed by atoms with Gasteiger partial charge in [-0.05, 0) is 37.0 Å². The van der Waals surface area contributed by atoms with Gasteiger partial charge in [-0.3, -0.25) is 29.3 Å². The van der Waals surface area contributed by atoms with Crippen LogP contribution in [0.5, 0.6) is 0 Å². The van der Waals surface area contributed by atoms with E-state index in [0.717, 1.165) is 5.56 Å². The van der Waals surface area contributed by atoms with Crippen molar-refractivity contribution in [1.29, 1.82) is 0 Å². The molecule has 4 rings (SSSR count). The average Bonchev–Trinajstić information content (AvgIpc) is 2.93. The number of piperidine rings is 1. The van der Waals surface area contributed by atoms with Crippen LogP contribution in [0.1, 0.15) is 52.0 Å². The van der Waals surface area contributed by atoms with Gasteiger partial charge >= 0.3 is 5.97 Å². The Kier molecular flexibility index (Phi) is 4.37. The second kappa shape index (κ2) is 6.74. The van der Waals surface area contributed by atoms with E-state index < -0.39 is 23.8 Å². The zero-order valence-corrected chi connectivity index (χ0v) is 14.9. The summed E-state index contributed by atoms with van der Waals surface area (Å²) < 4.78 is 0. The molecule has 28 heavy (non-hydrogen) atoms. The van der Waals surface area contributed by atoms with Gasteiger partial charge in [0, 0.05) is 30.1 Å². The molecule has 4 amide bonds. The van der Waals surface area contributed by atoms with Gasteiger partial charge in [-0.1, -0.05) is 6.07 Å². The number of rotatable bonds is 4. The summed E-state index contributed by atoms with van der Waals surface area (Å²) in [6, 6.07) is 3.93. The normalized spacial score (nSPS) is 26.4. The molecule has 1 saturated heterocycles. The monoisotopic (exact) mass is 385 g/mol. The van der Waals surface area contributed by atoms with Gasteiger partial charge in [0.25, 0.3) is 11.8 Å². The lowest BCUT2D eigenvalue weighted by atomic mass is 9.80.